The molecule has 0 unspecified atom stereocenters. The quantitative estimate of drug-likeness (QED) is 0.852. The monoisotopic (exact) mass is 275 g/mol. The molecule has 4 nitrogen and oxygen atoms in total. The number of rotatable bonds is 6. The van der Waals surface area contributed by atoms with Gasteiger partial charge in [0, 0.05) is 13.1 Å². The molecule has 2 aromatic rings. The smallest absolute Gasteiger partial charge is 0.270 e. The van der Waals surface area contributed by atoms with E-state index in [1.54, 1.807) is 17.4 Å². The lowest BCUT2D eigenvalue weighted by molar-refractivity contribution is 0.0946. The van der Waals surface area contributed by atoms with Crippen molar-refractivity contribution in [2.45, 2.75) is 19.9 Å². The van der Waals surface area contributed by atoms with Crippen LogP contribution in [0.25, 0.3) is 0 Å². The summed E-state index contributed by atoms with van der Waals surface area (Å²) in [6.07, 6.45) is 1.02. The third kappa shape index (κ3) is 4.06. The largest absolute Gasteiger partial charge is 0.370 e. The Morgan fingerprint density at radius 2 is 2.26 bits per heavy atom. The highest BCUT2D eigenvalue weighted by molar-refractivity contribution is 7.07. The Morgan fingerprint density at radius 3 is 3.00 bits per heavy atom. The van der Waals surface area contributed by atoms with Gasteiger partial charge in [0.2, 0.25) is 0 Å². The minimum Gasteiger partial charge on any atom is -0.370 e. The van der Waals surface area contributed by atoms with Crippen LogP contribution in [0.3, 0.4) is 0 Å². The summed E-state index contributed by atoms with van der Waals surface area (Å²) in [6.45, 7) is 3.48. The van der Waals surface area contributed by atoms with Crippen molar-refractivity contribution in [2.24, 2.45) is 0 Å². The van der Waals surface area contributed by atoms with Crippen molar-refractivity contribution in [3.63, 3.8) is 0 Å². The zero-order chi connectivity index (χ0) is 13.5. The van der Waals surface area contributed by atoms with Gasteiger partial charge in [0.25, 0.3) is 5.91 Å². The molecule has 2 N–H and O–H groups in total. The number of carbonyl (C=O) groups is 1. The van der Waals surface area contributed by atoms with Crippen LogP contribution < -0.4 is 10.6 Å². The molecular formula is C14H17N3OS. The topological polar surface area (TPSA) is 54.0 Å². The fourth-order valence-electron chi connectivity index (χ4n) is 1.58. The number of pyridine rings is 1. The third-order valence-electron chi connectivity index (χ3n) is 2.57. The summed E-state index contributed by atoms with van der Waals surface area (Å²) >= 11 is 1.62. The zero-order valence-electron chi connectivity index (χ0n) is 10.8. The van der Waals surface area contributed by atoms with Crippen molar-refractivity contribution >= 4 is 23.1 Å². The number of hydrogen-bond donors (Lipinski definition) is 2. The lowest BCUT2D eigenvalue weighted by Gasteiger charge is -2.07. The Hall–Kier alpha value is -1.88. The maximum absolute atomic E-state index is 12.0. The van der Waals surface area contributed by atoms with Gasteiger partial charge in [-0.3, -0.25) is 4.79 Å². The predicted molar refractivity (Wildman–Crippen MR) is 78.5 cm³/mol. The summed E-state index contributed by atoms with van der Waals surface area (Å²) in [5.41, 5.74) is 1.55. The van der Waals surface area contributed by atoms with Crippen molar-refractivity contribution in [1.82, 2.24) is 10.3 Å². The van der Waals surface area contributed by atoms with E-state index in [2.05, 4.69) is 22.5 Å². The summed E-state index contributed by atoms with van der Waals surface area (Å²) in [5, 5.41) is 10.0. The minimum atomic E-state index is -0.147. The highest BCUT2D eigenvalue weighted by Crippen LogP contribution is 2.07. The van der Waals surface area contributed by atoms with E-state index >= 15 is 0 Å². The van der Waals surface area contributed by atoms with Gasteiger partial charge in [-0.1, -0.05) is 13.0 Å². The second-order valence-corrected chi connectivity index (χ2v) is 4.93. The second-order valence-electron chi connectivity index (χ2n) is 4.15. The summed E-state index contributed by atoms with van der Waals surface area (Å²) in [5.74, 6) is 0.594. The molecule has 0 aliphatic carbocycles. The number of hydrogen-bond acceptors (Lipinski definition) is 4. The molecule has 5 heteroatoms. The lowest BCUT2D eigenvalue weighted by atomic mass is 10.3. The highest BCUT2D eigenvalue weighted by Gasteiger charge is 2.07. The number of amides is 1. The summed E-state index contributed by atoms with van der Waals surface area (Å²) in [4.78, 5) is 16.3. The molecule has 0 aliphatic rings. The number of thiophene rings is 1. The highest BCUT2D eigenvalue weighted by atomic mass is 32.1. The van der Waals surface area contributed by atoms with E-state index in [0.29, 0.717) is 12.2 Å². The molecule has 19 heavy (non-hydrogen) atoms. The number of anilines is 1. The zero-order valence-corrected chi connectivity index (χ0v) is 11.7. The number of nitrogens with zero attached hydrogens (tertiary/aromatic N) is 1. The second kappa shape index (κ2) is 6.89. The van der Waals surface area contributed by atoms with Crippen LogP contribution in [-0.4, -0.2) is 17.4 Å². The van der Waals surface area contributed by atoms with Crippen LogP contribution in [0.5, 0.6) is 0 Å². The van der Waals surface area contributed by atoms with Gasteiger partial charge >= 0.3 is 0 Å². The molecule has 0 saturated heterocycles. The molecule has 1 amide bonds. The maximum Gasteiger partial charge on any atom is 0.270 e. The van der Waals surface area contributed by atoms with E-state index in [0.717, 1.165) is 24.3 Å². The standard InChI is InChI=1S/C14H17N3OS/c1-2-7-15-13-5-3-4-12(17-13)14(18)16-9-11-6-8-19-10-11/h3-6,8,10H,2,7,9H2,1H3,(H,15,17)(H,16,18). The maximum atomic E-state index is 12.0. The molecule has 0 radical (unpaired) electrons. The van der Waals surface area contributed by atoms with Gasteiger partial charge in [-0.2, -0.15) is 11.3 Å². The van der Waals surface area contributed by atoms with Crippen molar-refractivity contribution in [1.29, 1.82) is 0 Å². The summed E-state index contributed by atoms with van der Waals surface area (Å²) in [6, 6.07) is 7.42. The van der Waals surface area contributed by atoms with E-state index < -0.39 is 0 Å². The number of aromatic nitrogens is 1. The molecule has 2 rings (SSSR count). The number of nitrogens with one attached hydrogen (secondary N) is 2. The van der Waals surface area contributed by atoms with Gasteiger partial charge in [-0.25, -0.2) is 4.98 Å². The first kappa shape index (κ1) is 13.5. The van der Waals surface area contributed by atoms with Crippen LogP contribution in [-0.2, 0) is 6.54 Å². The lowest BCUT2D eigenvalue weighted by Crippen LogP contribution is -2.23. The van der Waals surface area contributed by atoms with Gasteiger partial charge in [-0.15, -0.1) is 0 Å². The SMILES string of the molecule is CCCNc1cccc(C(=O)NCc2ccsc2)n1. The van der Waals surface area contributed by atoms with Crippen molar-refractivity contribution in [3.05, 3.63) is 46.3 Å². The van der Waals surface area contributed by atoms with Crippen LogP contribution in [0.1, 0.15) is 29.4 Å². The first-order chi connectivity index (χ1) is 9.29. The molecule has 0 aromatic carbocycles. The Balaban J connectivity index is 1.94. The molecule has 100 valence electrons. The Labute approximate surface area is 116 Å². The average Bonchev–Trinajstić information content (AvgIpc) is 2.96. The van der Waals surface area contributed by atoms with Crippen molar-refractivity contribution in [3.8, 4) is 0 Å². The average molecular weight is 275 g/mol. The van der Waals surface area contributed by atoms with E-state index in [9.17, 15) is 4.79 Å². The predicted octanol–water partition coefficient (Wildman–Crippen LogP) is 2.90. The molecule has 0 bridgehead atoms. The Bertz CT molecular complexity index is 525. The third-order valence-corrected chi connectivity index (χ3v) is 3.30. The van der Waals surface area contributed by atoms with Gasteiger partial charge < -0.3 is 10.6 Å². The summed E-state index contributed by atoms with van der Waals surface area (Å²) < 4.78 is 0. The Morgan fingerprint density at radius 1 is 1.37 bits per heavy atom. The van der Waals surface area contributed by atoms with Crippen LogP contribution in [0, 0.1) is 0 Å². The molecular weight excluding hydrogens is 258 g/mol. The minimum absolute atomic E-state index is 0.147. The van der Waals surface area contributed by atoms with E-state index in [1.165, 1.54) is 0 Å². The van der Waals surface area contributed by atoms with Crippen LogP contribution in [0.2, 0.25) is 0 Å². The Kier molecular flexibility index (Phi) is 4.92. The molecule has 2 aromatic heterocycles. The summed E-state index contributed by atoms with van der Waals surface area (Å²) in [7, 11) is 0. The van der Waals surface area contributed by atoms with Gasteiger partial charge in [0.05, 0.1) is 0 Å². The molecule has 0 aliphatic heterocycles. The molecule has 0 saturated carbocycles. The van der Waals surface area contributed by atoms with E-state index in [1.807, 2.05) is 29.0 Å². The molecule has 2 heterocycles. The fourth-order valence-corrected chi connectivity index (χ4v) is 2.25. The first-order valence-corrected chi connectivity index (χ1v) is 7.24. The number of carbonyl (C=O) groups excluding carboxylic acids is 1. The van der Waals surface area contributed by atoms with Crippen molar-refractivity contribution < 1.29 is 4.79 Å². The van der Waals surface area contributed by atoms with E-state index in [-0.39, 0.29) is 5.91 Å². The fraction of sp³-hybridized carbons (Fsp3) is 0.286. The normalized spacial score (nSPS) is 10.2. The van der Waals surface area contributed by atoms with Crippen LogP contribution in [0.15, 0.2) is 35.0 Å². The van der Waals surface area contributed by atoms with Gasteiger partial charge in [0.15, 0.2) is 0 Å². The molecule has 0 fully saturated rings. The van der Waals surface area contributed by atoms with E-state index in [4.69, 9.17) is 0 Å². The van der Waals surface area contributed by atoms with Gasteiger partial charge in [0.1, 0.15) is 11.5 Å². The van der Waals surface area contributed by atoms with Crippen LogP contribution in [0.4, 0.5) is 5.82 Å². The van der Waals surface area contributed by atoms with Crippen LogP contribution >= 0.6 is 11.3 Å². The molecule has 0 atom stereocenters. The molecule has 0 spiro atoms. The first-order valence-electron chi connectivity index (χ1n) is 6.30. The van der Waals surface area contributed by atoms with Gasteiger partial charge in [-0.05, 0) is 40.9 Å². The van der Waals surface area contributed by atoms with Crippen molar-refractivity contribution in [2.75, 3.05) is 11.9 Å².